The molecule has 0 bridgehead atoms. The molecule has 35 heavy (non-hydrogen) atoms. The molecule has 4 rings (SSSR count). The summed E-state index contributed by atoms with van der Waals surface area (Å²) >= 11 is 6.40. The number of anilines is 1. The third-order valence-corrected chi connectivity index (χ3v) is 6.18. The Balaban J connectivity index is 1.78. The maximum Gasteiger partial charge on any atom is 0.433 e. The number of aromatic nitrogens is 3. The molecular formula is C23H21ClF3N5O3. The second-order valence-corrected chi connectivity index (χ2v) is 8.47. The number of likely N-dealkylation sites (tertiary alicyclic amines) is 1. The molecule has 1 aromatic carbocycles. The minimum Gasteiger partial charge on any atom is -0.506 e. The molecule has 0 spiro atoms. The lowest BCUT2D eigenvalue weighted by molar-refractivity contribution is -0.141. The van der Waals surface area contributed by atoms with E-state index in [2.05, 4.69) is 21.9 Å². The first-order chi connectivity index (χ1) is 16.6. The number of pyridine rings is 1. The highest BCUT2D eigenvalue weighted by molar-refractivity contribution is 6.36. The van der Waals surface area contributed by atoms with E-state index in [0.29, 0.717) is 30.1 Å². The number of aromatic hydroxyl groups is 1. The first-order valence-electron chi connectivity index (χ1n) is 10.8. The van der Waals surface area contributed by atoms with Crippen LogP contribution in [-0.4, -0.2) is 49.4 Å². The van der Waals surface area contributed by atoms with Crippen LogP contribution in [0.15, 0.2) is 43.1 Å². The lowest BCUT2D eigenvalue weighted by atomic mass is 10.1. The van der Waals surface area contributed by atoms with Crippen molar-refractivity contribution in [3.63, 3.8) is 0 Å². The zero-order valence-electron chi connectivity index (χ0n) is 18.3. The van der Waals surface area contributed by atoms with E-state index in [0.717, 1.165) is 25.1 Å². The number of nitrogens with zero attached hydrogens (tertiary/aromatic N) is 4. The second kappa shape index (κ2) is 9.57. The average Bonchev–Trinajstić information content (AvgIpc) is 3.01. The number of halogens is 4. The Morgan fingerprint density at radius 1 is 1.26 bits per heavy atom. The number of hydrogen-bond donors (Lipinski definition) is 2. The molecule has 1 aliphatic heterocycles. The van der Waals surface area contributed by atoms with Crippen LogP contribution in [-0.2, 0) is 11.0 Å². The highest BCUT2D eigenvalue weighted by Crippen LogP contribution is 2.38. The van der Waals surface area contributed by atoms with Crippen molar-refractivity contribution < 1.29 is 27.9 Å². The van der Waals surface area contributed by atoms with Gasteiger partial charge in [0.05, 0.1) is 17.1 Å². The summed E-state index contributed by atoms with van der Waals surface area (Å²) in [5.41, 5.74) is -0.761. The van der Waals surface area contributed by atoms with Crippen molar-refractivity contribution in [2.45, 2.75) is 31.5 Å². The lowest BCUT2D eigenvalue weighted by Crippen LogP contribution is -2.34. The standard InChI is InChI=1S/C23H21ClF3N5O3/c1-2-18(34)31-10-4-3-5-14(12-31)32-20-15(6-7-16(33)19(20)24)29-22(32)30-21(35)13-8-9-28-17(11-13)23(25,26)27/h2,6-9,11,14,33H,1,3-5,10,12H2,(H,29,30,35)/t14-/m1/s1. The number of amides is 2. The summed E-state index contributed by atoms with van der Waals surface area (Å²) in [6.45, 7) is 4.32. The molecule has 0 unspecified atom stereocenters. The third-order valence-electron chi connectivity index (χ3n) is 5.81. The van der Waals surface area contributed by atoms with E-state index in [9.17, 15) is 27.9 Å². The molecular weight excluding hydrogens is 487 g/mol. The number of phenols is 1. The van der Waals surface area contributed by atoms with E-state index >= 15 is 0 Å². The fraction of sp³-hybridized carbons (Fsp3) is 0.304. The summed E-state index contributed by atoms with van der Waals surface area (Å²) in [6, 6.07) is 4.29. The van der Waals surface area contributed by atoms with Gasteiger partial charge in [0.15, 0.2) is 0 Å². The molecule has 3 heterocycles. The molecule has 1 saturated heterocycles. The number of nitrogens with one attached hydrogen (secondary N) is 1. The van der Waals surface area contributed by atoms with Gasteiger partial charge in [0, 0.05) is 24.8 Å². The summed E-state index contributed by atoms with van der Waals surface area (Å²) in [5, 5.41) is 12.8. The van der Waals surface area contributed by atoms with Crippen molar-refractivity contribution in [2.24, 2.45) is 0 Å². The van der Waals surface area contributed by atoms with E-state index in [1.165, 1.54) is 18.2 Å². The van der Waals surface area contributed by atoms with Gasteiger partial charge in [-0.05, 0) is 49.6 Å². The fourth-order valence-corrected chi connectivity index (χ4v) is 4.39. The molecule has 2 aromatic heterocycles. The number of hydrogen-bond acceptors (Lipinski definition) is 5. The van der Waals surface area contributed by atoms with Gasteiger partial charge in [-0.15, -0.1) is 0 Å². The van der Waals surface area contributed by atoms with Crippen LogP contribution in [0, 0.1) is 0 Å². The maximum atomic E-state index is 13.1. The Morgan fingerprint density at radius 2 is 2.03 bits per heavy atom. The van der Waals surface area contributed by atoms with Crippen LogP contribution in [0.4, 0.5) is 19.1 Å². The predicted molar refractivity (Wildman–Crippen MR) is 123 cm³/mol. The van der Waals surface area contributed by atoms with Gasteiger partial charge in [0.2, 0.25) is 11.9 Å². The fourth-order valence-electron chi connectivity index (χ4n) is 4.14. The quantitative estimate of drug-likeness (QED) is 0.494. The van der Waals surface area contributed by atoms with Gasteiger partial charge in [-0.1, -0.05) is 18.2 Å². The highest BCUT2D eigenvalue weighted by Gasteiger charge is 2.33. The van der Waals surface area contributed by atoms with Crippen molar-refractivity contribution in [3.05, 3.63) is 59.4 Å². The van der Waals surface area contributed by atoms with Crippen molar-refractivity contribution >= 4 is 40.4 Å². The molecule has 184 valence electrons. The Kier molecular flexibility index (Phi) is 6.70. The van der Waals surface area contributed by atoms with Gasteiger partial charge >= 0.3 is 6.18 Å². The van der Waals surface area contributed by atoms with Gasteiger partial charge in [-0.2, -0.15) is 13.2 Å². The van der Waals surface area contributed by atoms with Crippen LogP contribution in [0.25, 0.3) is 11.0 Å². The smallest absolute Gasteiger partial charge is 0.433 e. The molecule has 1 atom stereocenters. The van der Waals surface area contributed by atoms with Crippen LogP contribution in [0.1, 0.15) is 41.4 Å². The summed E-state index contributed by atoms with van der Waals surface area (Å²) in [7, 11) is 0. The molecule has 0 aliphatic carbocycles. The van der Waals surface area contributed by atoms with Crippen LogP contribution in [0.5, 0.6) is 5.75 Å². The monoisotopic (exact) mass is 507 g/mol. The highest BCUT2D eigenvalue weighted by atomic mass is 35.5. The molecule has 8 nitrogen and oxygen atoms in total. The van der Waals surface area contributed by atoms with Gasteiger partial charge in [-0.25, -0.2) is 4.98 Å². The van der Waals surface area contributed by atoms with E-state index < -0.39 is 17.8 Å². The Morgan fingerprint density at radius 3 is 2.74 bits per heavy atom. The van der Waals surface area contributed by atoms with Gasteiger partial charge in [0.25, 0.3) is 5.91 Å². The number of alkyl halides is 3. The number of phenolic OH excluding ortho intramolecular Hbond substituents is 1. The zero-order valence-corrected chi connectivity index (χ0v) is 19.1. The van der Waals surface area contributed by atoms with E-state index in [1.807, 2.05) is 0 Å². The molecule has 0 saturated carbocycles. The number of rotatable bonds is 4. The number of benzene rings is 1. The number of fused-ring (bicyclic) bond motifs is 1. The largest absolute Gasteiger partial charge is 0.506 e. The van der Waals surface area contributed by atoms with Gasteiger partial charge in [0.1, 0.15) is 16.5 Å². The van der Waals surface area contributed by atoms with Crippen LogP contribution < -0.4 is 5.32 Å². The van der Waals surface area contributed by atoms with Crippen molar-refractivity contribution in [2.75, 3.05) is 18.4 Å². The first-order valence-corrected chi connectivity index (χ1v) is 11.1. The summed E-state index contributed by atoms with van der Waals surface area (Å²) in [4.78, 5) is 34.6. The minimum atomic E-state index is -4.71. The summed E-state index contributed by atoms with van der Waals surface area (Å²) in [6.07, 6.45) is -0.475. The zero-order chi connectivity index (χ0) is 25.3. The summed E-state index contributed by atoms with van der Waals surface area (Å²) < 4.78 is 40.8. The summed E-state index contributed by atoms with van der Waals surface area (Å²) in [5.74, 6) is -1.25. The molecule has 12 heteroatoms. The normalized spacial score (nSPS) is 16.7. The molecule has 2 amide bonds. The predicted octanol–water partition coefficient (Wildman–Crippen LogP) is 4.80. The first kappa shape index (κ1) is 24.5. The average molecular weight is 508 g/mol. The van der Waals surface area contributed by atoms with E-state index in [4.69, 9.17) is 11.6 Å². The molecule has 2 N–H and O–H groups in total. The number of imidazole rings is 1. The number of carbonyl (C=O) groups is 2. The Labute approximate surface area is 203 Å². The molecule has 3 aromatic rings. The number of carbonyl (C=O) groups excluding carboxylic acids is 2. The van der Waals surface area contributed by atoms with Crippen LogP contribution >= 0.6 is 11.6 Å². The van der Waals surface area contributed by atoms with E-state index in [1.54, 1.807) is 9.47 Å². The molecule has 1 fully saturated rings. The van der Waals surface area contributed by atoms with Gasteiger partial charge in [-0.3, -0.25) is 19.9 Å². The maximum absolute atomic E-state index is 13.1. The Bertz CT molecular complexity index is 1310. The second-order valence-electron chi connectivity index (χ2n) is 8.09. The minimum absolute atomic E-state index is 0.00427. The Hall–Kier alpha value is -3.60. The van der Waals surface area contributed by atoms with Crippen LogP contribution in [0.3, 0.4) is 0 Å². The van der Waals surface area contributed by atoms with Crippen molar-refractivity contribution in [1.82, 2.24) is 19.4 Å². The lowest BCUT2D eigenvalue weighted by Gasteiger charge is -2.26. The SMILES string of the molecule is C=CC(=O)N1CCCC[C@@H](n2c(NC(=O)c3ccnc(C(F)(F)F)c3)nc3ccc(O)c(Cl)c32)C1. The molecule has 1 aliphatic rings. The van der Waals surface area contributed by atoms with Crippen LogP contribution in [0.2, 0.25) is 5.02 Å². The van der Waals surface area contributed by atoms with Crippen molar-refractivity contribution in [1.29, 1.82) is 0 Å². The molecule has 0 radical (unpaired) electrons. The van der Waals surface area contributed by atoms with E-state index in [-0.39, 0.29) is 40.8 Å². The van der Waals surface area contributed by atoms with Gasteiger partial charge < -0.3 is 14.6 Å². The third kappa shape index (κ3) is 4.95. The topological polar surface area (TPSA) is 100 Å². The van der Waals surface area contributed by atoms with Crippen molar-refractivity contribution in [3.8, 4) is 5.75 Å².